The quantitative estimate of drug-likeness (QED) is 0.933. The first-order valence-electron chi connectivity index (χ1n) is 8.68. The largest absolute Gasteiger partial charge is 0.391 e. The number of β-amino-alcohol motifs (C(OH)–C–C–N with tert-alkyl or cyclic N) is 1. The zero-order chi connectivity index (χ0) is 16.5. The van der Waals surface area contributed by atoms with Gasteiger partial charge in [0.2, 0.25) is 0 Å². The maximum absolute atomic E-state index is 12.9. The lowest BCUT2D eigenvalue weighted by atomic mass is 9.93. The summed E-state index contributed by atoms with van der Waals surface area (Å²) in [6.45, 7) is 1.08. The van der Waals surface area contributed by atoms with Gasteiger partial charge >= 0.3 is 0 Å². The lowest BCUT2D eigenvalue weighted by Crippen LogP contribution is -2.30. The molecule has 2 atom stereocenters. The average molecular weight is 342 g/mol. The number of likely N-dealkylation sites (tertiary alicyclic amines) is 1. The van der Waals surface area contributed by atoms with Gasteiger partial charge in [0.1, 0.15) is 0 Å². The molecular formula is C19H22N2O2S. The van der Waals surface area contributed by atoms with Gasteiger partial charge in [0, 0.05) is 31.4 Å². The molecule has 1 amide bonds. The monoisotopic (exact) mass is 342 g/mol. The van der Waals surface area contributed by atoms with Crippen LogP contribution in [0.2, 0.25) is 0 Å². The molecule has 126 valence electrons. The second-order valence-electron chi connectivity index (χ2n) is 6.87. The Hall–Kier alpha value is -1.72. The van der Waals surface area contributed by atoms with Crippen LogP contribution in [0.5, 0.6) is 0 Å². The highest BCUT2D eigenvalue weighted by Gasteiger charge is 2.35. The number of nitrogens with zero attached hydrogens (tertiary/aromatic N) is 2. The maximum Gasteiger partial charge on any atom is 0.264 e. The zero-order valence-corrected chi connectivity index (χ0v) is 14.5. The predicted molar refractivity (Wildman–Crippen MR) is 94.3 cm³/mol. The molecule has 2 aromatic rings. The van der Waals surface area contributed by atoms with Gasteiger partial charge in [-0.05, 0) is 66.3 Å². The van der Waals surface area contributed by atoms with E-state index in [1.54, 1.807) is 23.7 Å². The van der Waals surface area contributed by atoms with Crippen molar-refractivity contribution in [1.29, 1.82) is 0 Å². The van der Waals surface area contributed by atoms with Gasteiger partial charge in [-0.15, -0.1) is 11.3 Å². The van der Waals surface area contributed by atoms with Gasteiger partial charge < -0.3 is 10.0 Å². The standard InChI is InChI=1S/C19H22N2O2S/c22-17-11-21(10-15(17)9-13-5-7-20-8-6-13)19(23)18-16-4-2-1-3-14(16)12-24-18/h5-8,12,15,17,22H,1-4,9-11H2/t15-,17-/m1/s1. The molecular weight excluding hydrogens is 320 g/mol. The molecule has 1 N–H and O–H groups in total. The van der Waals surface area contributed by atoms with Crippen molar-refractivity contribution in [2.75, 3.05) is 13.1 Å². The summed E-state index contributed by atoms with van der Waals surface area (Å²) in [6, 6.07) is 3.96. The van der Waals surface area contributed by atoms with Crippen LogP contribution in [0.4, 0.5) is 0 Å². The molecule has 1 fully saturated rings. The average Bonchev–Trinajstić information content (AvgIpc) is 3.19. The third-order valence-electron chi connectivity index (χ3n) is 5.24. The molecule has 0 saturated carbocycles. The van der Waals surface area contributed by atoms with Gasteiger partial charge in [0.05, 0.1) is 11.0 Å². The number of thiophene rings is 1. The fourth-order valence-corrected chi connectivity index (χ4v) is 5.01. The van der Waals surface area contributed by atoms with Crippen molar-refractivity contribution >= 4 is 17.2 Å². The zero-order valence-electron chi connectivity index (χ0n) is 13.6. The van der Waals surface area contributed by atoms with E-state index in [0.717, 1.165) is 29.7 Å². The summed E-state index contributed by atoms with van der Waals surface area (Å²) in [4.78, 5) is 19.7. The highest BCUT2D eigenvalue weighted by molar-refractivity contribution is 7.12. The van der Waals surface area contributed by atoms with Gasteiger partial charge in [-0.2, -0.15) is 0 Å². The predicted octanol–water partition coefficient (Wildman–Crippen LogP) is 2.70. The van der Waals surface area contributed by atoms with Crippen molar-refractivity contribution in [3.05, 3.63) is 51.5 Å². The van der Waals surface area contributed by atoms with Crippen LogP contribution < -0.4 is 0 Å². The first kappa shape index (κ1) is 15.8. The van der Waals surface area contributed by atoms with E-state index in [0.29, 0.717) is 13.1 Å². The molecule has 2 aromatic heterocycles. The Morgan fingerprint density at radius 3 is 2.88 bits per heavy atom. The fourth-order valence-electron chi connectivity index (χ4n) is 3.88. The van der Waals surface area contributed by atoms with Gasteiger partial charge in [0.15, 0.2) is 0 Å². The smallest absolute Gasteiger partial charge is 0.264 e. The second-order valence-corrected chi connectivity index (χ2v) is 7.75. The molecule has 24 heavy (non-hydrogen) atoms. The molecule has 4 rings (SSSR count). The molecule has 2 aliphatic rings. The number of rotatable bonds is 3. The second kappa shape index (κ2) is 6.65. The van der Waals surface area contributed by atoms with Crippen LogP contribution in [-0.4, -0.2) is 40.1 Å². The van der Waals surface area contributed by atoms with E-state index < -0.39 is 6.10 Å². The first-order chi connectivity index (χ1) is 11.7. The summed E-state index contributed by atoms with van der Waals surface area (Å²) in [7, 11) is 0. The minimum absolute atomic E-state index is 0.104. The molecule has 4 nitrogen and oxygen atoms in total. The molecule has 1 aliphatic heterocycles. The Labute approximate surface area is 146 Å². The van der Waals surface area contributed by atoms with Crippen molar-refractivity contribution in [3.63, 3.8) is 0 Å². The summed E-state index contributed by atoms with van der Waals surface area (Å²) in [5.41, 5.74) is 3.79. The number of aryl methyl sites for hydroxylation is 1. The van der Waals surface area contributed by atoms with E-state index in [-0.39, 0.29) is 11.8 Å². The minimum atomic E-state index is -0.446. The summed E-state index contributed by atoms with van der Waals surface area (Å²) in [5.74, 6) is 0.214. The first-order valence-corrected chi connectivity index (χ1v) is 9.56. The van der Waals surface area contributed by atoms with Crippen molar-refractivity contribution in [2.24, 2.45) is 5.92 Å². The number of carbonyl (C=O) groups is 1. The maximum atomic E-state index is 12.9. The van der Waals surface area contributed by atoms with Gasteiger partial charge in [-0.1, -0.05) is 0 Å². The minimum Gasteiger partial charge on any atom is -0.391 e. The number of pyridine rings is 1. The van der Waals surface area contributed by atoms with E-state index >= 15 is 0 Å². The number of aromatic nitrogens is 1. The van der Waals surface area contributed by atoms with Crippen molar-refractivity contribution < 1.29 is 9.90 Å². The number of hydrogen-bond acceptors (Lipinski definition) is 4. The van der Waals surface area contributed by atoms with E-state index in [2.05, 4.69) is 10.4 Å². The number of aliphatic hydroxyl groups is 1. The molecule has 5 heteroatoms. The van der Waals surface area contributed by atoms with Crippen LogP contribution in [0.15, 0.2) is 29.9 Å². The number of aliphatic hydroxyl groups excluding tert-OH is 1. The van der Waals surface area contributed by atoms with Crippen LogP contribution in [0.3, 0.4) is 0 Å². The SMILES string of the molecule is O=C(c1scc2c1CCCC2)N1C[C@@H](Cc2ccncc2)[C@H](O)C1. The molecule has 0 bridgehead atoms. The fraction of sp³-hybridized carbons (Fsp3) is 0.474. The molecule has 3 heterocycles. The lowest BCUT2D eigenvalue weighted by Gasteiger charge is -2.18. The molecule has 0 spiro atoms. The van der Waals surface area contributed by atoms with Crippen LogP contribution in [0.1, 0.15) is 39.2 Å². The van der Waals surface area contributed by atoms with E-state index in [9.17, 15) is 9.90 Å². The molecule has 0 radical (unpaired) electrons. The Balaban J connectivity index is 1.47. The summed E-state index contributed by atoms with van der Waals surface area (Å²) >= 11 is 1.59. The number of fused-ring (bicyclic) bond motifs is 1. The van der Waals surface area contributed by atoms with E-state index in [1.807, 2.05) is 17.0 Å². The summed E-state index contributed by atoms with van der Waals surface area (Å²) in [6.07, 6.45) is 8.43. The van der Waals surface area contributed by atoms with Crippen molar-refractivity contribution in [2.45, 2.75) is 38.2 Å². The summed E-state index contributed by atoms with van der Waals surface area (Å²) < 4.78 is 0. The Bertz CT molecular complexity index is 728. The van der Waals surface area contributed by atoms with Gasteiger partial charge in [-0.3, -0.25) is 9.78 Å². The molecule has 0 aromatic carbocycles. The number of hydrogen-bond donors (Lipinski definition) is 1. The van der Waals surface area contributed by atoms with Gasteiger partial charge in [-0.25, -0.2) is 0 Å². The van der Waals surface area contributed by atoms with Crippen LogP contribution in [0, 0.1) is 5.92 Å². The summed E-state index contributed by atoms with van der Waals surface area (Å²) in [5, 5.41) is 12.6. The van der Waals surface area contributed by atoms with Crippen molar-refractivity contribution in [1.82, 2.24) is 9.88 Å². The van der Waals surface area contributed by atoms with Crippen LogP contribution >= 0.6 is 11.3 Å². The highest BCUT2D eigenvalue weighted by Crippen LogP contribution is 2.32. The topological polar surface area (TPSA) is 53.4 Å². The van der Waals surface area contributed by atoms with Crippen molar-refractivity contribution in [3.8, 4) is 0 Å². The Kier molecular flexibility index (Phi) is 4.37. The number of carbonyl (C=O) groups excluding carboxylic acids is 1. The van der Waals surface area contributed by atoms with E-state index in [4.69, 9.17) is 0 Å². The van der Waals surface area contributed by atoms with Crippen LogP contribution in [0.25, 0.3) is 0 Å². The Morgan fingerprint density at radius 1 is 1.25 bits per heavy atom. The molecule has 0 unspecified atom stereocenters. The lowest BCUT2D eigenvalue weighted by molar-refractivity contribution is 0.0768. The van der Waals surface area contributed by atoms with E-state index in [1.165, 1.54) is 24.0 Å². The third-order valence-corrected chi connectivity index (χ3v) is 6.30. The Morgan fingerprint density at radius 2 is 2.04 bits per heavy atom. The normalized spacial score (nSPS) is 23.3. The number of amides is 1. The molecule has 1 aliphatic carbocycles. The third kappa shape index (κ3) is 2.98. The highest BCUT2D eigenvalue weighted by atomic mass is 32.1. The van der Waals surface area contributed by atoms with Gasteiger partial charge in [0.25, 0.3) is 5.91 Å². The molecule has 1 saturated heterocycles. The van der Waals surface area contributed by atoms with Crippen LogP contribution in [-0.2, 0) is 19.3 Å².